The van der Waals surface area contributed by atoms with Gasteiger partial charge in [0.2, 0.25) is 0 Å². The SMILES string of the molecule is CCOc1ccc(C(=O)Oc2cccc3ccccc23)cc1OCC. The summed E-state index contributed by atoms with van der Waals surface area (Å²) in [6.07, 6.45) is 0. The molecular weight excluding hydrogens is 316 g/mol. The summed E-state index contributed by atoms with van der Waals surface area (Å²) in [5, 5.41) is 1.92. The molecule has 0 aliphatic rings. The zero-order valence-corrected chi connectivity index (χ0v) is 14.3. The van der Waals surface area contributed by atoms with Gasteiger partial charge >= 0.3 is 5.97 Å². The monoisotopic (exact) mass is 336 g/mol. The van der Waals surface area contributed by atoms with Crippen LogP contribution in [0.3, 0.4) is 0 Å². The lowest BCUT2D eigenvalue weighted by Gasteiger charge is -2.12. The molecule has 4 nitrogen and oxygen atoms in total. The van der Waals surface area contributed by atoms with Gasteiger partial charge in [0.05, 0.1) is 18.8 Å². The molecule has 0 unspecified atom stereocenters. The highest BCUT2D eigenvalue weighted by Gasteiger charge is 2.14. The molecule has 3 aromatic rings. The zero-order chi connectivity index (χ0) is 17.6. The lowest BCUT2D eigenvalue weighted by atomic mass is 10.1. The molecule has 3 aromatic carbocycles. The van der Waals surface area contributed by atoms with Crippen LogP contribution in [-0.2, 0) is 0 Å². The number of carbonyl (C=O) groups is 1. The second kappa shape index (κ2) is 7.71. The summed E-state index contributed by atoms with van der Waals surface area (Å²) in [4.78, 5) is 12.6. The molecular formula is C21H20O4. The van der Waals surface area contributed by atoms with Crippen LogP contribution < -0.4 is 14.2 Å². The Morgan fingerprint density at radius 1 is 0.800 bits per heavy atom. The lowest BCUT2D eigenvalue weighted by molar-refractivity contribution is 0.0736. The first kappa shape index (κ1) is 16.8. The van der Waals surface area contributed by atoms with Crippen LogP contribution in [0, 0.1) is 0 Å². The van der Waals surface area contributed by atoms with Gasteiger partial charge in [0, 0.05) is 5.39 Å². The van der Waals surface area contributed by atoms with E-state index in [2.05, 4.69) is 0 Å². The lowest BCUT2D eigenvalue weighted by Crippen LogP contribution is -2.09. The molecule has 0 spiro atoms. The van der Waals surface area contributed by atoms with Crippen LogP contribution in [0.4, 0.5) is 0 Å². The molecule has 0 heterocycles. The van der Waals surface area contributed by atoms with Crippen molar-refractivity contribution >= 4 is 16.7 Å². The van der Waals surface area contributed by atoms with Crippen molar-refractivity contribution in [2.45, 2.75) is 13.8 Å². The fraction of sp³-hybridized carbons (Fsp3) is 0.190. The average Bonchev–Trinajstić information content (AvgIpc) is 2.64. The van der Waals surface area contributed by atoms with Crippen molar-refractivity contribution in [3.8, 4) is 17.2 Å². The van der Waals surface area contributed by atoms with Gasteiger partial charge in [-0.25, -0.2) is 4.79 Å². The molecule has 0 aromatic heterocycles. The molecule has 0 aliphatic carbocycles. The predicted octanol–water partition coefficient (Wildman–Crippen LogP) is 4.86. The Kier molecular flexibility index (Phi) is 5.19. The minimum absolute atomic E-state index is 0.417. The number of esters is 1. The highest BCUT2D eigenvalue weighted by molar-refractivity contribution is 5.95. The smallest absolute Gasteiger partial charge is 0.343 e. The van der Waals surface area contributed by atoms with Gasteiger partial charge in [-0.3, -0.25) is 0 Å². The van der Waals surface area contributed by atoms with Gasteiger partial charge in [-0.05, 0) is 43.5 Å². The van der Waals surface area contributed by atoms with E-state index in [1.54, 1.807) is 24.3 Å². The predicted molar refractivity (Wildman–Crippen MR) is 97.7 cm³/mol. The fourth-order valence-corrected chi connectivity index (χ4v) is 2.62. The van der Waals surface area contributed by atoms with Crippen molar-refractivity contribution in [3.05, 3.63) is 66.2 Å². The van der Waals surface area contributed by atoms with Crippen LogP contribution in [0.25, 0.3) is 10.8 Å². The summed E-state index contributed by atoms with van der Waals surface area (Å²) in [6.45, 7) is 4.80. The summed E-state index contributed by atoms with van der Waals surface area (Å²) in [7, 11) is 0. The third-order valence-corrected chi connectivity index (χ3v) is 3.73. The van der Waals surface area contributed by atoms with Gasteiger partial charge < -0.3 is 14.2 Å². The maximum Gasteiger partial charge on any atom is 0.343 e. The maximum absolute atomic E-state index is 12.6. The van der Waals surface area contributed by atoms with E-state index < -0.39 is 5.97 Å². The number of rotatable bonds is 6. The van der Waals surface area contributed by atoms with E-state index in [0.717, 1.165) is 10.8 Å². The third kappa shape index (κ3) is 3.74. The number of hydrogen-bond acceptors (Lipinski definition) is 4. The van der Waals surface area contributed by atoms with Gasteiger partial charge in [-0.15, -0.1) is 0 Å². The standard InChI is InChI=1S/C21H20O4/c1-3-23-19-13-12-16(14-20(19)24-4-2)21(22)25-18-11-7-9-15-8-5-6-10-17(15)18/h5-14H,3-4H2,1-2H3. The number of fused-ring (bicyclic) bond motifs is 1. The zero-order valence-electron chi connectivity index (χ0n) is 14.3. The summed E-state index contributed by atoms with van der Waals surface area (Å²) in [5.41, 5.74) is 0.417. The van der Waals surface area contributed by atoms with Crippen molar-refractivity contribution in [3.63, 3.8) is 0 Å². The molecule has 0 radical (unpaired) electrons. The fourth-order valence-electron chi connectivity index (χ4n) is 2.62. The van der Waals surface area contributed by atoms with E-state index in [-0.39, 0.29) is 0 Å². The Labute approximate surface area is 146 Å². The Bertz CT molecular complexity index is 881. The summed E-state index contributed by atoms with van der Waals surface area (Å²) in [6, 6.07) is 18.5. The first-order chi connectivity index (χ1) is 12.2. The largest absolute Gasteiger partial charge is 0.490 e. The van der Waals surface area contributed by atoms with E-state index in [1.165, 1.54) is 0 Å². The molecule has 3 rings (SSSR count). The second-order valence-corrected chi connectivity index (χ2v) is 5.39. The quantitative estimate of drug-likeness (QED) is 0.476. The number of benzene rings is 3. The Morgan fingerprint density at radius 3 is 2.32 bits per heavy atom. The molecule has 0 bridgehead atoms. The maximum atomic E-state index is 12.6. The number of ether oxygens (including phenoxy) is 3. The molecule has 0 N–H and O–H groups in total. The molecule has 0 atom stereocenters. The molecule has 0 fully saturated rings. The van der Waals surface area contributed by atoms with Crippen molar-refractivity contribution in [2.75, 3.05) is 13.2 Å². The van der Waals surface area contributed by atoms with E-state index in [9.17, 15) is 4.79 Å². The number of carbonyl (C=O) groups excluding carboxylic acids is 1. The van der Waals surface area contributed by atoms with Crippen LogP contribution in [0.5, 0.6) is 17.2 Å². The van der Waals surface area contributed by atoms with E-state index >= 15 is 0 Å². The normalized spacial score (nSPS) is 10.5. The van der Waals surface area contributed by atoms with E-state index in [1.807, 2.05) is 50.2 Å². The molecule has 0 amide bonds. The van der Waals surface area contributed by atoms with Crippen LogP contribution >= 0.6 is 0 Å². The molecule has 25 heavy (non-hydrogen) atoms. The van der Waals surface area contributed by atoms with Crippen molar-refractivity contribution < 1.29 is 19.0 Å². The minimum atomic E-state index is -0.430. The van der Waals surface area contributed by atoms with Crippen molar-refractivity contribution in [1.82, 2.24) is 0 Å². The van der Waals surface area contributed by atoms with E-state index in [4.69, 9.17) is 14.2 Å². The molecule has 128 valence electrons. The molecule has 4 heteroatoms. The Balaban J connectivity index is 1.89. The van der Waals surface area contributed by atoms with Gasteiger partial charge in [0.15, 0.2) is 11.5 Å². The van der Waals surface area contributed by atoms with Gasteiger partial charge in [-0.2, -0.15) is 0 Å². The molecule has 0 aliphatic heterocycles. The Morgan fingerprint density at radius 2 is 1.52 bits per heavy atom. The van der Waals surface area contributed by atoms with Crippen LogP contribution in [0.2, 0.25) is 0 Å². The van der Waals surface area contributed by atoms with Gasteiger partial charge in [-0.1, -0.05) is 36.4 Å². The van der Waals surface area contributed by atoms with Gasteiger partial charge in [0.1, 0.15) is 5.75 Å². The molecule has 0 saturated heterocycles. The van der Waals surface area contributed by atoms with Crippen LogP contribution in [-0.4, -0.2) is 19.2 Å². The highest BCUT2D eigenvalue weighted by Crippen LogP contribution is 2.30. The molecule has 0 saturated carbocycles. The average molecular weight is 336 g/mol. The first-order valence-electron chi connectivity index (χ1n) is 8.32. The number of hydrogen-bond donors (Lipinski definition) is 0. The van der Waals surface area contributed by atoms with Crippen molar-refractivity contribution in [2.24, 2.45) is 0 Å². The summed E-state index contributed by atoms with van der Waals surface area (Å²) >= 11 is 0. The third-order valence-electron chi connectivity index (χ3n) is 3.73. The van der Waals surface area contributed by atoms with Crippen LogP contribution in [0.1, 0.15) is 24.2 Å². The summed E-state index contributed by atoms with van der Waals surface area (Å²) in [5.74, 6) is 1.26. The highest BCUT2D eigenvalue weighted by atomic mass is 16.5. The van der Waals surface area contributed by atoms with Crippen molar-refractivity contribution in [1.29, 1.82) is 0 Å². The topological polar surface area (TPSA) is 44.8 Å². The Hall–Kier alpha value is -3.01. The summed E-state index contributed by atoms with van der Waals surface area (Å²) < 4.78 is 16.7. The first-order valence-corrected chi connectivity index (χ1v) is 8.32. The second-order valence-electron chi connectivity index (χ2n) is 5.39. The van der Waals surface area contributed by atoms with E-state index in [0.29, 0.717) is 36.0 Å². The minimum Gasteiger partial charge on any atom is -0.490 e. The van der Waals surface area contributed by atoms with Crippen LogP contribution in [0.15, 0.2) is 60.7 Å². The van der Waals surface area contributed by atoms with Gasteiger partial charge in [0.25, 0.3) is 0 Å².